The van der Waals surface area contributed by atoms with Gasteiger partial charge in [0.15, 0.2) is 5.11 Å². The van der Waals surface area contributed by atoms with Gasteiger partial charge in [0.1, 0.15) is 0 Å². The fourth-order valence-corrected chi connectivity index (χ4v) is 1.22. The van der Waals surface area contributed by atoms with E-state index in [-0.39, 0.29) is 0 Å². The Kier molecular flexibility index (Phi) is 4.66. The van der Waals surface area contributed by atoms with Crippen molar-refractivity contribution in [2.24, 2.45) is 5.10 Å². The Balaban J connectivity index is 2.93. The van der Waals surface area contributed by atoms with Crippen LogP contribution in [0.4, 0.5) is 13.2 Å². The van der Waals surface area contributed by atoms with E-state index < -0.39 is 11.7 Å². The van der Waals surface area contributed by atoms with Crippen molar-refractivity contribution in [2.45, 2.75) is 13.1 Å². The van der Waals surface area contributed by atoms with Crippen LogP contribution in [0.1, 0.15) is 18.1 Å². The van der Waals surface area contributed by atoms with Crippen molar-refractivity contribution < 1.29 is 13.2 Å². The minimum atomic E-state index is -4.36. The highest BCUT2D eigenvalue weighted by molar-refractivity contribution is 7.80. The fraction of sp³-hybridized carbons (Fsp3) is 0.273. The van der Waals surface area contributed by atoms with Gasteiger partial charge in [0.2, 0.25) is 0 Å². The number of rotatable bonds is 2. The first-order valence-corrected chi connectivity index (χ1v) is 5.45. The molecule has 0 aliphatic heterocycles. The summed E-state index contributed by atoms with van der Waals surface area (Å²) in [5.74, 6) is 0. The number of hydrogen-bond donors (Lipinski definition) is 2. The van der Waals surface area contributed by atoms with E-state index in [1.807, 2.05) is 0 Å². The van der Waals surface area contributed by atoms with E-state index >= 15 is 0 Å². The third-order valence-electron chi connectivity index (χ3n) is 2.16. The van der Waals surface area contributed by atoms with E-state index in [0.717, 1.165) is 12.1 Å². The van der Waals surface area contributed by atoms with Crippen LogP contribution in [0.15, 0.2) is 29.4 Å². The lowest BCUT2D eigenvalue weighted by atomic mass is 10.1. The Bertz CT molecular complexity index is 469. The fourth-order valence-electron chi connectivity index (χ4n) is 1.18. The van der Waals surface area contributed by atoms with Gasteiger partial charge in [0, 0.05) is 7.05 Å². The monoisotopic (exact) mass is 275 g/mol. The van der Waals surface area contributed by atoms with Crippen molar-refractivity contribution in [1.82, 2.24) is 10.7 Å². The summed E-state index contributed by atoms with van der Waals surface area (Å²) in [4.78, 5) is 0. The molecule has 0 aromatic heterocycles. The summed E-state index contributed by atoms with van der Waals surface area (Å²) in [6.45, 7) is 1.60. The van der Waals surface area contributed by atoms with E-state index in [9.17, 15) is 13.2 Å². The first kappa shape index (κ1) is 14.4. The Morgan fingerprint density at radius 2 is 2.00 bits per heavy atom. The minimum absolute atomic E-state index is 0.293. The van der Waals surface area contributed by atoms with Crippen molar-refractivity contribution in [2.75, 3.05) is 7.05 Å². The zero-order valence-electron chi connectivity index (χ0n) is 9.80. The van der Waals surface area contributed by atoms with Crippen LogP contribution in [0.3, 0.4) is 0 Å². The summed E-state index contributed by atoms with van der Waals surface area (Å²) in [6, 6.07) is 4.96. The zero-order chi connectivity index (χ0) is 13.8. The summed E-state index contributed by atoms with van der Waals surface area (Å²) in [7, 11) is 1.62. The maximum Gasteiger partial charge on any atom is 0.416 e. The van der Waals surface area contributed by atoms with Crippen LogP contribution in [0.2, 0.25) is 0 Å². The molecular formula is C11H12F3N3S. The molecule has 0 amide bonds. The molecule has 0 heterocycles. The second-order valence-electron chi connectivity index (χ2n) is 3.47. The number of benzene rings is 1. The molecule has 0 radical (unpaired) electrons. The van der Waals surface area contributed by atoms with Gasteiger partial charge in [-0.05, 0) is 36.8 Å². The smallest absolute Gasteiger partial charge is 0.364 e. The van der Waals surface area contributed by atoms with E-state index in [1.165, 1.54) is 6.07 Å². The van der Waals surface area contributed by atoms with Crippen molar-refractivity contribution in [3.8, 4) is 0 Å². The normalized spacial score (nSPS) is 12.2. The Labute approximate surface area is 108 Å². The molecule has 0 atom stereocenters. The van der Waals surface area contributed by atoms with Gasteiger partial charge in [-0.15, -0.1) is 0 Å². The number of hydrazone groups is 1. The van der Waals surface area contributed by atoms with Gasteiger partial charge in [-0.2, -0.15) is 18.3 Å². The first-order chi connectivity index (χ1) is 8.34. The lowest BCUT2D eigenvalue weighted by molar-refractivity contribution is -0.137. The molecule has 3 nitrogen and oxygen atoms in total. The number of halogens is 3. The van der Waals surface area contributed by atoms with Gasteiger partial charge in [0.05, 0.1) is 11.3 Å². The van der Waals surface area contributed by atoms with Gasteiger partial charge in [-0.1, -0.05) is 12.1 Å². The summed E-state index contributed by atoms with van der Waals surface area (Å²) in [5, 5.41) is 6.82. The van der Waals surface area contributed by atoms with E-state index in [4.69, 9.17) is 12.2 Å². The molecule has 1 aromatic carbocycles. The minimum Gasteiger partial charge on any atom is -0.364 e. The van der Waals surface area contributed by atoms with Crippen LogP contribution < -0.4 is 10.7 Å². The molecule has 0 bridgehead atoms. The molecular weight excluding hydrogens is 263 g/mol. The summed E-state index contributed by atoms with van der Waals surface area (Å²) < 4.78 is 37.5. The predicted octanol–water partition coefficient (Wildman–Crippen LogP) is 2.52. The number of alkyl halides is 3. The van der Waals surface area contributed by atoms with Crippen molar-refractivity contribution in [1.29, 1.82) is 0 Å². The molecule has 0 unspecified atom stereocenters. The number of nitrogens with zero attached hydrogens (tertiary/aromatic N) is 1. The van der Waals surface area contributed by atoms with Crippen molar-refractivity contribution in [3.05, 3.63) is 35.4 Å². The molecule has 0 saturated heterocycles. The van der Waals surface area contributed by atoms with Gasteiger partial charge in [0.25, 0.3) is 0 Å². The van der Waals surface area contributed by atoms with Crippen LogP contribution in [0, 0.1) is 0 Å². The molecule has 1 aromatic rings. The van der Waals surface area contributed by atoms with Crippen LogP contribution in [-0.4, -0.2) is 17.9 Å². The first-order valence-electron chi connectivity index (χ1n) is 5.04. The SMILES string of the molecule is CNC(=S)N/N=C(/C)c1cccc(C(F)(F)F)c1. The molecule has 2 N–H and O–H groups in total. The Morgan fingerprint density at radius 1 is 1.33 bits per heavy atom. The van der Waals surface area contributed by atoms with Gasteiger partial charge >= 0.3 is 6.18 Å². The summed E-state index contributed by atoms with van der Waals surface area (Å²) in [5.41, 5.74) is 2.61. The van der Waals surface area contributed by atoms with Gasteiger partial charge in [-0.3, -0.25) is 5.43 Å². The number of nitrogens with one attached hydrogen (secondary N) is 2. The van der Waals surface area contributed by atoms with Crippen LogP contribution >= 0.6 is 12.2 Å². The van der Waals surface area contributed by atoms with Crippen molar-refractivity contribution >= 4 is 23.0 Å². The Morgan fingerprint density at radius 3 is 2.56 bits per heavy atom. The standard InChI is InChI=1S/C11H12F3N3S/c1-7(16-17-10(18)15-2)8-4-3-5-9(6-8)11(12,13)14/h3-6H,1-2H3,(H2,15,17,18)/b16-7-. The average Bonchev–Trinajstić information content (AvgIpc) is 2.34. The highest BCUT2D eigenvalue weighted by Crippen LogP contribution is 2.29. The highest BCUT2D eigenvalue weighted by atomic mass is 32.1. The van der Waals surface area contributed by atoms with Gasteiger partial charge < -0.3 is 5.32 Å². The second kappa shape index (κ2) is 5.81. The molecule has 1 rings (SSSR count). The van der Waals surface area contributed by atoms with E-state index in [0.29, 0.717) is 16.4 Å². The summed E-state index contributed by atoms with van der Waals surface area (Å²) in [6.07, 6.45) is -4.36. The largest absolute Gasteiger partial charge is 0.416 e. The van der Waals surface area contributed by atoms with Crippen LogP contribution in [0.5, 0.6) is 0 Å². The lowest BCUT2D eigenvalue weighted by Gasteiger charge is -2.09. The molecule has 0 saturated carbocycles. The lowest BCUT2D eigenvalue weighted by Crippen LogP contribution is -2.29. The molecule has 98 valence electrons. The van der Waals surface area contributed by atoms with E-state index in [1.54, 1.807) is 20.0 Å². The molecule has 0 aliphatic carbocycles. The maximum absolute atomic E-state index is 12.5. The van der Waals surface area contributed by atoms with Crippen molar-refractivity contribution in [3.63, 3.8) is 0 Å². The van der Waals surface area contributed by atoms with Gasteiger partial charge in [-0.25, -0.2) is 0 Å². The second-order valence-corrected chi connectivity index (χ2v) is 3.87. The molecule has 0 aliphatic rings. The van der Waals surface area contributed by atoms with E-state index in [2.05, 4.69) is 15.8 Å². The highest BCUT2D eigenvalue weighted by Gasteiger charge is 2.30. The average molecular weight is 275 g/mol. The molecule has 0 spiro atoms. The predicted molar refractivity (Wildman–Crippen MR) is 68.4 cm³/mol. The van der Waals surface area contributed by atoms with Crippen LogP contribution in [0.25, 0.3) is 0 Å². The topological polar surface area (TPSA) is 36.4 Å². The third-order valence-corrected chi connectivity index (χ3v) is 2.46. The van der Waals surface area contributed by atoms with Crippen LogP contribution in [-0.2, 0) is 6.18 Å². The Hall–Kier alpha value is -1.63. The molecule has 18 heavy (non-hydrogen) atoms. The number of thiocarbonyl (C=S) groups is 1. The maximum atomic E-state index is 12.5. The number of hydrogen-bond acceptors (Lipinski definition) is 2. The molecule has 0 fully saturated rings. The molecule has 7 heteroatoms. The zero-order valence-corrected chi connectivity index (χ0v) is 10.6. The quantitative estimate of drug-likeness (QED) is 0.495. The summed E-state index contributed by atoms with van der Waals surface area (Å²) >= 11 is 4.80. The third kappa shape index (κ3) is 3.99.